The third-order valence-corrected chi connectivity index (χ3v) is 5.04. The zero-order valence-corrected chi connectivity index (χ0v) is 19.2. The summed E-state index contributed by atoms with van der Waals surface area (Å²) in [4.78, 5) is 39.2. The number of amides is 3. The topological polar surface area (TPSA) is 90.5 Å². The minimum atomic E-state index is -0.293. The maximum Gasteiger partial charge on any atom is 0.238 e. The molecule has 0 heterocycles. The Hall–Kier alpha value is -3.45. The summed E-state index contributed by atoms with van der Waals surface area (Å²) in [6.45, 7) is 11.3. The molecule has 3 amide bonds. The molecule has 3 N–H and O–H groups in total. The fraction of sp³-hybridized carbons (Fsp3) is 0.320. The van der Waals surface area contributed by atoms with E-state index in [4.69, 9.17) is 0 Å². The fourth-order valence-corrected chi connectivity index (χ4v) is 3.40. The summed E-state index contributed by atoms with van der Waals surface area (Å²) < 4.78 is 0. The summed E-state index contributed by atoms with van der Waals surface area (Å²) in [5.41, 5.74) is 5.27. The standard InChI is InChI=1S/C25H32N4O3/c1-6-13-26-21(30)14-29(15-22(31)27-24-17(2)9-7-10-18(24)3)16-23(32)28-25-19(4)11-8-12-20(25)5/h6-12H,1,13-16H2,2-5H3,(H,26,30)(H,27,31)(H,28,32). The molecule has 0 bridgehead atoms. The molecule has 0 saturated heterocycles. The predicted octanol–water partition coefficient (Wildman–Crippen LogP) is 3.10. The van der Waals surface area contributed by atoms with Crippen LogP contribution in [0.4, 0.5) is 11.4 Å². The second-order valence-corrected chi connectivity index (χ2v) is 7.87. The Morgan fingerprint density at radius 3 is 1.50 bits per heavy atom. The zero-order chi connectivity index (χ0) is 23.7. The average molecular weight is 437 g/mol. The van der Waals surface area contributed by atoms with Gasteiger partial charge in [-0.1, -0.05) is 42.5 Å². The minimum Gasteiger partial charge on any atom is -0.352 e. The molecule has 2 aromatic carbocycles. The number of hydrogen-bond acceptors (Lipinski definition) is 4. The van der Waals surface area contributed by atoms with E-state index >= 15 is 0 Å². The molecule has 0 aromatic heterocycles. The third-order valence-electron chi connectivity index (χ3n) is 5.04. The maximum atomic E-state index is 12.7. The second-order valence-electron chi connectivity index (χ2n) is 7.87. The van der Waals surface area contributed by atoms with Crippen molar-refractivity contribution in [2.24, 2.45) is 0 Å². The molecular formula is C25H32N4O3. The van der Waals surface area contributed by atoms with Crippen LogP contribution in [0.2, 0.25) is 0 Å². The van der Waals surface area contributed by atoms with Crippen molar-refractivity contribution in [2.75, 3.05) is 36.8 Å². The number of para-hydroxylation sites is 2. The SMILES string of the molecule is C=CCNC(=O)CN(CC(=O)Nc1c(C)cccc1C)CC(=O)Nc1c(C)cccc1C. The van der Waals surface area contributed by atoms with Gasteiger partial charge in [0.05, 0.1) is 19.6 Å². The molecule has 0 aliphatic heterocycles. The highest BCUT2D eigenvalue weighted by molar-refractivity contribution is 5.96. The number of nitrogens with zero attached hydrogens (tertiary/aromatic N) is 1. The lowest BCUT2D eigenvalue weighted by molar-refractivity contribution is -0.124. The van der Waals surface area contributed by atoms with Gasteiger partial charge in [0.1, 0.15) is 0 Å². The number of rotatable bonds is 10. The van der Waals surface area contributed by atoms with E-state index in [0.29, 0.717) is 6.54 Å². The first-order chi connectivity index (χ1) is 15.2. The van der Waals surface area contributed by atoms with Gasteiger partial charge in [-0.25, -0.2) is 0 Å². The molecule has 0 fully saturated rings. The molecule has 7 nitrogen and oxygen atoms in total. The second kappa shape index (κ2) is 11.8. The van der Waals surface area contributed by atoms with Gasteiger partial charge in [0.2, 0.25) is 17.7 Å². The lowest BCUT2D eigenvalue weighted by Gasteiger charge is -2.22. The summed E-state index contributed by atoms with van der Waals surface area (Å²) in [6, 6.07) is 11.5. The van der Waals surface area contributed by atoms with Crippen molar-refractivity contribution in [3.8, 4) is 0 Å². The monoisotopic (exact) mass is 436 g/mol. The van der Waals surface area contributed by atoms with Gasteiger partial charge in [-0.05, 0) is 49.9 Å². The fourth-order valence-electron chi connectivity index (χ4n) is 3.40. The molecule has 2 rings (SSSR count). The molecule has 0 atom stereocenters. The highest BCUT2D eigenvalue weighted by Crippen LogP contribution is 2.20. The normalized spacial score (nSPS) is 10.5. The van der Waals surface area contributed by atoms with Gasteiger partial charge >= 0.3 is 0 Å². The molecule has 0 spiro atoms. The summed E-state index contributed by atoms with van der Waals surface area (Å²) in [5, 5.41) is 8.50. The predicted molar refractivity (Wildman–Crippen MR) is 129 cm³/mol. The molecule has 0 unspecified atom stereocenters. The van der Waals surface area contributed by atoms with Crippen LogP contribution >= 0.6 is 0 Å². The molecule has 7 heteroatoms. The number of hydrogen-bond donors (Lipinski definition) is 3. The van der Waals surface area contributed by atoms with Crippen molar-refractivity contribution in [2.45, 2.75) is 27.7 Å². The number of benzene rings is 2. The van der Waals surface area contributed by atoms with Crippen molar-refractivity contribution in [3.63, 3.8) is 0 Å². The molecule has 0 saturated carbocycles. The highest BCUT2D eigenvalue weighted by Gasteiger charge is 2.19. The molecule has 0 radical (unpaired) electrons. The first kappa shape index (κ1) is 24.8. The summed E-state index contributed by atoms with van der Waals surface area (Å²) >= 11 is 0. The number of aryl methyl sites for hydroxylation is 4. The van der Waals surface area contributed by atoms with Gasteiger partial charge in [-0.3, -0.25) is 19.3 Å². The molecule has 0 aliphatic carbocycles. The van der Waals surface area contributed by atoms with Gasteiger partial charge < -0.3 is 16.0 Å². The van der Waals surface area contributed by atoms with E-state index in [0.717, 1.165) is 33.6 Å². The van der Waals surface area contributed by atoms with E-state index in [-0.39, 0.29) is 37.4 Å². The first-order valence-electron chi connectivity index (χ1n) is 10.5. The van der Waals surface area contributed by atoms with Crippen molar-refractivity contribution >= 4 is 29.1 Å². The minimum absolute atomic E-state index is 0.0891. The van der Waals surface area contributed by atoms with Gasteiger partial charge in [0, 0.05) is 17.9 Å². The maximum absolute atomic E-state index is 12.7. The van der Waals surface area contributed by atoms with Crippen LogP contribution in [-0.4, -0.2) is 48.8 Å². The Bertz CT molecular complexity index is 893. The first-order valence-corrected chi connectivity index (χ1v) is 10.5. The van der Waals surface area contributed by atoms with Crippen LogP contribution < -0.4 is 16.0 Å². The summed E-state index contributed by atoms with van der Waals surface area (Å²) in [6.07, 6.45) is 1.57. The van der Waals surface area contributed by atoms with E-state index in [1.54, 1.807) is 6.08 Å². The van der Waals surface area contributed by atoms with Crippen LogP contribution in [0, 0.1) is 27.7 Å². The lowest BCUT2D eigenvalue weighted by atomic mass is 10.1. The number of carbonyl (C=O) groups is 3. The molecule has 170 valence electrons. The summed E-state index contributed by atoms with van der Waals surface area (Å²) in [5.74, 6) is -0.873. The van der Waals surface area contributed by atoms with Gasteiger partial charge in [0.15, 0.2) is 0 Å². The van der Waals surface area contributed by atoms with Crippen LogP contribution in [0.5, 0.6) is 0 Å². The number of carbonyl (C=O) groups excluding carboxylic acids is 3. The highest BCUT2D eigenvalue weighted by atomic mass is 16.2. The largest absolute Gasteiger partial charge is 0.352 e. The Morgan fingerprint density at radius 1 is 0.750 bits per heavy atom. The molecule has 32 heavy (non-hydrogen) atoms. The van der Waals surface area contributed by atoms with Gasteiger partial charge in [0.25, 0.3) is 0 Å². The lowest BCUT2D eigenvalue weighted by Crippen LogP contribution is -2.44. The van der Waals surface area contributed by atoms with Crippen molar-refractivity contribution in [1.82, 2.24) is 10.2 Å². The van der Waals surface area contributed by atoms with Crippen molar-refractivity contribution in [3.05, 3.63) is 71.3 Å². The van der Waals surface area contributed by atoms with E-state index in [1.165, 1.54) is 4.90 Å². The van der Waals surface area contributed by atoms with E-state index < -0.39 is 0 Å². The van der Waals surface area contributed by atoms with Crippen LogP contribution in [0.3, 0.4) is 0 Å². The molecular weight excluding hydrogens is 404 g/mol. The Balaban J connectivity index is 2.10. The molecule has 2 aromatic rings. The van der Waals surface area contributed by atoms with Crippen LogP contribution in [0.1, 0.15) is 22.3 Å². The van der Waals surface area contributed by atoms with Crippen molar-refractivity contribution < 1.29 is 14.4 Å². The van der Waals surface area contributed by atoms with Gasteiger partial charge in [-0.2, -0.15) is 0 Å². The van der Waals surface area contributed by atoms with Crippen LogP contribution in [-0.2, 0) is 14.4 Å². The van der Waals surface area contributed by atoms with E-state index in [9.17, 15) is 14.4 Å². The number of anilines is 2. The van der Waals surface area contributed by atoms with E-state index in [1.807, 2.05) is 64.1 Å². The van der Waals surface area contributed by atoms with Crippen molar-refractivity contribution in [1.29, 1.82) is 0 Å². The Kier molecular flexibility index (Phi) is 9.16. The third kappa shape index (κ3) is 7.35. The zero-order valence-electron chi connectivity index (χ0n) is 19.2. The van der Waals surface area contributed by atoms with Crippen LogP contribution in [0.25, 0.3) is 0 Å². The van der Waals surface area contributed by atoms with E-state index in [2.05, 4.69) is 22.5 Å². The summed E-state index contributed by atoms with van der Waals surface area (Å²) in [7, 11) is 0. The smallest absolute Gasteiger partial charge is 0.238 e. The average Bonchev–Trinajstić information content (AvgIpc) is 2.72. The Morgan fingerprint density at radius 2 is 1.12 bits per heavy atom. The number of nitrogens with one attached hydrogen (secondary N) is 3. The quantitative estimate of drug-likeness (QED) is 0.499. The Labute approximate surface area is 189 Å². The molecule has 0 aliphatic rings. The van der Waals surface area contributed by atoms with Crippen LogP contribution in [0.15, 0.2) is 49.1 Å². The van der Waals surface area contributed by atoms with Gasteiger partial charge in [-0.15, -0.1) is 6.58 Å².